The average Bonchev–Trinajstić information content (AvgIpc) is 3.07. The van der Waals surface area contributed by atoms with Gasteiger partial charge in [-0.25, -0.2) is 4.98 Å². The quantitative estimate of drug-likeness (QED) is 0.684. The van der Waals surface area contributed by atoms with E-state index in [0.29, 0.717) is 11.1 Å². The fourth-order valence-corrected chi connectivity index (χ4v) is 3.40. The van der Waals surface area contributed by atoms with Crippen molar-refractivity contribution in [3.05, 3.63) is 33.6 Å². The standard InChI is InChI=1S/C11H9N3OS3/c1-7-12-8(5-17-7)6-18-11-14-13-10(15-11)9-3-2-4-16-9/h2-5H,6H2,1H3. The van der Waals surface area contributed by atoms with Crippen molar-refractivity contribution in [1.29, 1.82) is 0 Å². The van der Waals surface area contributed by atoms with Crippen LogP contribution in [0.3, 0.4) is 0 Å². The molecular weight excluding hydrogens is 286 g/mol. The van der Waals surface area contributed by atoms with Crippen LogP contribution in [0.25, 0.3) is 10.8 Å². The highest BCUT2D eigenvalue weighted by atomic mass is 32.2. The first kappa shape index (κ1) is 11.9. The zero-order valence-electron chi connectivity index (χ0n) is 9.49. The number of rotatable bonds is 4. The lowest BCUT2D eigenvalue weighted by molar-refractivity contribution is 0.466. The Bertz CT molecular complexity index is 630. The third-order valence-corrected chi connectivity index (χ3v) is 4.68. The summed E-state index contributed by atoms with van der Waals surface area (Å²) >= 11 is 4.76. The van der Waals surface area contributed by atoms with Crippen LogP contribution < -0.4 is 0 Å². The molecule has 0 bridgehead atoms. The summed E-state index contributed by atoms with van der Waals surface area (Å²) in [4.78, 5) is 5.39. The number of aromatic nitrogens is 3. The van der Waals surface area contributed by atoms with Gasteiger partial charge in [-0.3, -0.25) is 0 Å². The summed E-state index contributed by atoms with van der Waals surface area (Å²) in [5.74, 6) is 1.35. The number of hydrogen-bond acceptors (Lipinski definition) is 7. The molecule has 0 aliphatic carbocycles. The Morgan fingerprint density at radius 1 is 1.33 bits per heavy atom. The van der Waals surface area contributed by atoms with E-state index in [9.17, 15) is 0 Å². The zero-order chi connectivity index (χ0) is 12.4. The van der Waals surface area contributed by atoms with Gasteiger partial charge < -0.3 is 4.42 Å². The smallest absolute Gasteiger partial charge is 0.277 e. The van der Waals surface area contributed by atoms with E-state index >= 15 is 0 Å². The third kappa shape index (κ3) is 2.63. The number of thioether (sulfide) groups is 1. The molecule has 0 aliphatic heterocycles. The molecule has 0 atom stereocenters. The summed E-state index contributed by atoms with van der Waals surface area (Å²) in [5, 5.41) is 13.8. The van der Waals surface area contributed by atoms with Crippen LogP contribution >= 0.6 is 34.4 Å². The minimum absolute atomic E-state index is 0.585. The van der Waals surface area contributed by atoms with E-state index in [-0.39, 0.29) is 0 Å². The van der Waals surface area contributed by atoms with Crippen LogP contribution in [-0.2, 0) is 5.75 Å². The third-order valence-electron chi connectivity index (χ3n) is 2.15. The van der Waals surface area contributed by atoms with Gasteiger partial charge in [-0.2, -0.15) is 0 Å². The predicted octanol–water partition coefficient (Wildman–Crippen LogP) is 3.86. The fourth-order valence-electron chi connectivity index (χ4n) is 1.38. The molecule has 0 saturated carbocycles. The molecule has 0 N–H and O–H groups in total. The van der Waals surface area contributed by atoms with Gasteiger partial charge in [0.15, 0.2) is 0 Å². The summed E-state index contributed by atoms with van der Waals surface area (Å²) in [6.45, 7) is 2.00. The molecule has 3 aromatic rings. The molecule has 3 heterocycles. The maximum absolute atomic E-state index is 5.58. The van der Waals surface area contributed by atoms with E-state index < -0.39 is 0 Å². The first-order valence-electron chi connectivity index (χ1n) is 5.22. The van der Waals surface area contributed by atoms with Crippen LogP contribution in [0.15, 0.2) is 32.5 Å². The summed E-state index contributed by atoms with van der Waals surface area (Å²) in [6.07, 6.45) is 0. The van der Waals surface area contributed by atoms with Gasteiger partial charge in [-0.15, -0.1) is 32.9 Å². The van der Waals surface area contributed by atoms with Gasteiger partial charge in [0, 0.05) is 11.1 Å². The molecule has 0 fully saturated rings. The fraction of sp³-hybridized carbons (Fsp3) is 0.182. The van der Waals surface area contributed by atoms with Crippen molar-refractivity contribution in [2.75, 3.05) is 0 Å². The second-order valence-electron chi connectivity index (χ2n) is 3.50. The maximum atomic E-state index is 5.58. The topological polar surface area (TPSA) is 51.8 Å². The monoisotopic (exact) mass is 295 g/mol. The van der Waals surface area contributed by atoms with Gasteiger partial charge in [0.05, 0.1) is 15.6 Å². The van der Waals surface area contributed by atoms with E-state index in [2.05, 4.69) is 20.6 Å². The second-order valence-corrected chi connectivity index (χ2v) is 6.43. The largest absolute Gasteiger partial charge is 0.410 e. The summed E-state index contributed by atoms with van der Waals surface area (Å²) in [5.41, 5.74) is 1.05. The van der Waals surface area contributed by atoms with Crippen LogP contribution in [0.5, 0.6) is 0 Å². The number of nitrogens with zero attached hydrogens (tertiary/aromatic N) is 3. The average molecular weight is 295 g/mol. The van der Waals surface area contributed by atoms with E-state index in [1.807, 2.05) is 24.4 Å². The van der Waals surface area contributed by atoms with E-state index in [0.717, 1.165) is 21.3 Å². The van der Waals surface area contributed by atoms with Crippen molar-refractivity contribution in [2.24, 2.45) is 0 Å². The van der Waals surface area contributed by atoms with Crippen molar-refractivity contribution in [3.63, 3.8) is 0 Å². The Morgan fingerprint density at radius 2 is 2.28 bits per heavy atom. The molecule has 0 spiro atoms. The lowest BCUT2D eigenvalue weighted by Crippen LogP contribution is -1.80. The molecule has 0 radical (unpaired) electrons. The van der Waals surface area contributed by atoms with Crippen molar-refractivity contribution in [2.45, 2.75) is 17.9 Å². The van der Waals surface area contributed by atoms with Crippen LogP contribution in [0.2, 0.25) is 0 Å². The predicted molar refractivity (Wildman–Crippen MR) is 74.0 cm³/mol. The first-order chi connectivity index (χ1) is 8.81. The first-order valence-corrected chi connectivity index (χ1v) is 7.97. The Morgan fingerprint density at radius 3 is 3.00 bits per heavy atom. The Kier molecular flexibility index (Phi) is 3.44. The molecule has 7 heteroatoms. The highest BCUT2D eigenvalue weighted by Crippen LogP contribution is 2.28. The van der Waals surface area contributed by atoms with E-state index in [1.165, 1.54) is 11.8 Å². The second kappa shape index (κ2) is 5.21. The van der Waals surface area contributed by atoms with Gasteiger partial charge >= 0.3 is 0 Å². The molecule has 4 nitrogen and oxygen atoms in total. The maximum Gasteiger partial charge on any atom is 0.277 e. The van der Waals surface area contributed by atoms with Gasteiger partial charge in [0.25, 0.3) is 11.1 Å². The van der Waals surface area contributed by atoms with Crippen molar-refractivity contribution in [3.8, 4) is 10.8 Å². The lowest BCUT2D eigenvalue weighted by Gasteiger charge is -1.91. The molecule has 0 saturated heterocycles. The Labute approximate surface area is 116 Å². The lowest BCUT2D eigenvalue weighted by atomic mass is 10.5. The highest BCUT2D eigenvalue weighted by molar-refractivity contribution is 7.98. The molecule has 0 unspecified atom stereocenters. The Hall–Kier alpha value is -1.18. The van der Waals surface area contributed by atoms with E-state index in [1.54, 1.807) is 22.7 Å². The van der Waals surface area contributed by atoms with Crippen LogP contribution in [0.1, 0.15) is 10.7 Å². The molecule has 0 amide bonds. The van der Waals surface area contributed by atoms with Gasteiger partial charge in [-0.1, -0.05) is 17.8 Å². The van der Waals surface area contributed by atoms with Gasteiger partial charge in [-0.05, 0) is 18.4 Å². The van der Waals surface area contributed by atoms with Gasteiger partial charge in [0.2, 0.25) is 0 Å². The SMILES string of the molecule is Cc1nc(CSc2nnc(-c3cccs3)o2)cs1. The number of thiazole rings is 1. The Balaban J connectivity index is 1.67. The zero-order valence-corrected chi connectivity index (χ0v) is 11.9. The molecule has 3 aromatic heterocycles. The highest BCUT2D eigenvalue weighted by Gasteiger charge is 2.10. The number of hydrogen-bond donors (Lipinski definition) is 0. The molecule has 0 aliphatic rings. The number of aryl methyl sites for hydroxylation is 1. The number of thiophene rings is 1. The summed E-state index contributed by atoms with van der Waals surface area (Å²) in [6, 6.07) is 3.94. The van der Waals surface area contributed by atoms with Crippen molar-refractivity contribution >= 4 is 34.4 Å². The van der Waals surface area contributed by atoms with Crippen LogP contribution in [-0.4, -0.2) is 15.2 Å². The molecular formula is C11H9N3OS3. The normalized spacial score (nSPS) is 10.9. The minimum atomic E-state index is 0.585. The molecule has 92 valence electrons. The van der Waals surface area contributed by atoms with E-state index in [4.69, 9.17) is 4.42 Å². The minimum Gasteiger partial charge on any atom is -0.410 e. The molecule has 0 aromatic carbocycles. The summed E-state index contributed by atoms with van der Waals surface area (Å²) < 4.78 is 5.58. The van der Waals surface area contributed by atoms with Crippen LogP contribution in [0, 0.1) is 6.92 Å². The molecule has 3 rings (SSSR count). The van der Waals surface area contributed by atoms with Crippen molar-refractivity contribution < 1.29 is 4.42 Å². The summed E-state index contributed by atoms with van der Waals surface area (Å²) in [7, 11) is 0. The molecule has 18 heavy (non-hydrogen) atoms. The van der Waals surface area contributed by atoms with Crippen molar-refractivity contribution in [1.82, 2.24) is 15.2 Å². The van der Waals surface area contributed by atoms with Gasteiger partial charge in [0.1, 0.15) is 0 Å². The van der Waals surface area contributed by atoms with Crippen LogP contribution in [0.4, 0.5) is 0 Å².